The number of rotatable bonds is 5. The molecule has 0 aromatic heterocycles. The highest BCUT2D eigenvalue weighted by Gasteiger charge is 2.14. The van der Waals surface area contributed by atoms with Crippen LogP contribution in [-0.4, -0.2) is 30.2 Å². The zero-order valence-corrected chi connectivity index (χ0v) is 12.1. The molecule has 18 heavy (non-hydrogen) atoms. The van der Waals surface area contributed by atoms with Crippen molar-refractivity contribution in [1.82, 2.24) is 4.72 Å². The van der Waals surface area contributed by atoms with Gasteiger partial charge < -0.3 is 4.74 Å². The Hall–Kier alpha value is -0.830. The molecule has 0 spiro atoms. The third-order valence-electron chi connectivity index (χ3n) is 2.06. The molecule has 0 heterocycles. The van der Waals surface area contributed by atoms with Crippen LogP contribution in [-0.2, 0) is 25.6 Å². The van der Waals surface area contributed by atoms with Crippen molar-refractivity contribution < 1.29 is 21.6 Å². The molecule has 1 aromatic carbocycles. The molecule has 0 atom stereocenters. The van der Waals surface area contributed by atoms with E-state index >= 15 is 0 Å². The first-order chi connectivity index (χ1) is 8.13. The highest BCUT2D eigenvalue weighted by molar-refractivity contribution is 8.13. The summed E-state index contributed by atoms with van der Waals surface area (Å²) in [5, 5.41) is 0. The number of halogens is 1. The quantitative estimate of drug-likeness (QED) is 0.807. The van der Waals surface area contributed by atoms with Crippen molar-refractivity contribution in [2.45, 2.75) is 11.4 Å². The molecule has 1 aromatic rings. The number of hydrogen-bond donors (Lipinski definition) is 1. The number of benzene rings is 1. The summed E-state index contributed by atoms with van der Waals surface area (Å²) in [6, 6.07) is 3.96. The van der Waals surface area contributed by atoms with Crippen LogP contribution in [0.25, 0.3) is 0 Å². The third-order valence-corrected chi connectivity index (χ3v) is 4.08. The second-order valence-electron chi connectivity index (χ2n) is 3.50. The summed E-state index contributed by atoms with van der Waals surface area (Å²) in [6.07, 6.45) is 1.00. The first kappa shape index (κ1) is 15.2. The topological polar surface area (TPSA) is 89.5 Å². The largest absolute Gasteiger partial charge is 0.496 e. The maximum Gasteiger partial charge on any atom is 0.261 e. The van der Waals surface area contributed by atoms with Crippen molar-refractivity contribution in [3.05, 3.63) is 23.8 Å². The molecular weight excluding hydrogens is 302 g/mol. The Labute approximate surface area is 110 Å². The minimum absolute atomic E-state index is 0.0811. The molecule has 0 saturated heterocycles. The number of methoxy groups -OCH3 is 1. The van der Waals surface area contributed by atoms with Gasteiger partial charge in [0.2, 0.25) is 10.0 Å². The van der Waals surface area contributed by atoms with Crippen molar-refractivity contribution in [1.29, 1.82) is 0 Å². The molecule has 1 N–H and O–H groups in total. The van der Waals surface area contributed by atoms with Crippen LogP contribution in [0.4, 0.5) is 0 Å². The van der Waals surface area contributed by atoms with Gasteiger partial charge in [-0.15, -0.1) is 0 Å². The van der Waals surface area contributed by atoms with E-state index in [9.17, 15) is 16.8 Å². The molecule has 1 rings (SSSR count). The summed E-state index contributed by atoms with van der Waals surface area (Å²) in [7, 11) is -0.642. The lowest BCUT2D eigenvalue weighted by Crippen LogP contribution is -2.21. The van der Waals surface area contributed by atoms with Crippen molar-refractivity contribution in [2.24, 2.45) is 0 Å². The SMILES string of the molecule is COc1ccc(S(=O)(=O)Cl)cc1CNS(C)(=O)=O. The van der Waals surface area contributed by atoms with Crippen LogP contribution in [0, 0.1) is 0 Å². The van der Waals surface area contributed by atoms with Gasteiger partial charge in [-0.05, 0) is 18.2 Å². The summed E-state index contributed by atoms with van der Waals surface area (Å²) in [5.41, 5.74) is 0.379. The van der Waals surface area contributed by atoms with E-state index in [-0.39, 0.29) is 11.4 Å². The summed E-state index contributed by atoms with van der Waals surface area (Å²) < 4.78 is 51.6. The predicted octanol–water partition coefficient (Wildman–Crippen LogP) is 0.672. The fourth-order valence-electron chi connectivity index (χ4n) is 1.25. The fraction of sp³-hybridized carbons (Fsp3) is 0.333. The van der Waals surface area contributed by atoms with Crippen LogP contribution >= 0.6 is 10.7 Å². The fourth-order valence-corrected chi connectivity index (χ4v) is 2.47. The maximum atomic E-state index is 11.2. The predicted molar refractivity (Wildman–Crippen MR) is 67.7 cm³/mol. The molecule has 0 saturated carbocycles. The van der Waals surface area contributed by atoms with E-state index in [0.29, 0.717) is 11.3 Å². The Balaban J connectivity index is 3.15. The summed E-state index contributed by atoms with van der Waals surface area (Å²) in [5.74, 6) is 0.371. The Morgan fingerprint density at radius 3 is 2.33 bits per heavy atom. The van der Waals surface area contributed by atoms with E-state index in [1.807, 2.05) is 0 Å². The van der Waals surface area contributed by atoms with Gasteiger partial charge in [-0.2, -0.15) is 0 Å². The normalized spacial score (nSPS) is 12.4. The Morgan fingerprint density at radius 1 is 1.28 bits per heavy atom. The van der Waals surface area contributed by atoms with Crippen molar-refractivity contribution in [3.63, 3.8) is 0 Å². The Kier molecular flexibility index (Phi) is 4.60. The summed E-state index contributed by atoms with van der Waals surface area (Å²) in [4.78, 5) is -0.115. The van der Waals surface area contributed by atoms with Crippen LogP contribution < -0.4 is 9.46 Å². The number of sulfonamides is 1. The summed E-state index contributed by atoms with van der Waals surface area (Å²) >= 11 is 0. The van der Waals surface area contributed by atoms with E-state index in [2.05, 4.69) is 4.72 Å². The van der Waals surface area contributed by atoms with E-state index in [4.69, 9.17) is 15.4 Å². The van der Waals surface area contributed by atoms with Crippen LogP contribution in [0.15, 0.2) is 23.1 Å². The smallest absolute Gasteiger partial charge is 0.261 e. The highest BCUT2D eigenvalue weighted by Crippen LogP contribution is 2.24. The lowest BCUT2D eigenvalue weighted by molar-refractivity contribution is 0.408. The minimum Gasteiger partial charge on any atom is -0.496 e. The van der Waals surface area contributed by atoms with Gasteiger partial charge >= 0.3 is 0 Å². The molecule has 6 nitrogen and oxygen atoms in total. The molecule has 0 radical (unpaired) electrons. The van der Waals surface area contributed by atoms with Gasteiger partial charge in [-0.25, -0.2) is 21.6 Å². The maximum absolute atomic E-state index is 11.2. The van der Waals surface area contributed by atoms with Crippen LogP contribution in [0.5, 0.6) is 5.75 Å². The van der Waals surface area contributed by atoms with Gasteiger partial charge in [0.15, 0.2) is 0 Å². The van der Waals surface area contributed by atoms with Crippen LogP contribution in [0.2, 0.25) is 0 Å². The van der Waals surface area contributed by atoms with Gasteiger partial charge in [0.25, 0.3) is 9.05 Å². The average Bonchev–Trinajstić information content (AvgIpc) is 2.23. The Bertz CT molecular complexity index is 639. The molecule has 102 valence electrons. The molecule has 9 heteroatoms. The molecule has 0 amide bonds. The molecule has 0 aliphatic heterocycles. The van der Waals surface area contributed by atoms with Crippen molar-refractivity contribution in [3.8, 4) is 5.75 Å². The summed E-state index contributed by atoms with van der Waals surface area (Å²) in [6.45, 7) is -0.0811. The van der Waals surface area contributed by atoms with Gasteiger partial charge in [0, 0.05) is 22.8 Å². The van der Waals surface area contributed by atoms with Gasteiger partial charge in [-0.1, -0.05) is 0 Å². The Morgan fingerprint density at radius 2 is 1.89 bits per heavy atom. The molecule has 0 aliphatic rings. The van der Waals surface area contributed by atoms with Crippen LogP contribution in [0.1, 0.15) is 5.56 Å². The highest BCUT2D eigenvalue weighted by atomic mass is 35.7. The van der Waals surface area contributed by atoms with E-state index < -0.39 is 19.1 Å². The van der Waals surface area contributed by atoms with E-state index in [1.165, 1.54) is 25.3 Å². The van der Waals surface area contributed by atoms with E-state index in [0.717, 1.165) is 6.26 Å². The van der Waals surface area contributed by atoms with Crippen molar-refractivity contribution >= 4 is 29.8 Å². The van der Waals surface area contributed by atoms with Gasteiger partial charge in [0.05, 0.1) is 18.3 Å². The number of hydrogen-bond acceptors (Lipinski definition) is 5. The first-order valence-electron chi connectivity index (χ1n) is 4.69. The van der Waals surface area contributed by atoms with Gasteiger partial charge in [-0.3, -0.25) is 0 Å². The average molecular weight is 314 g/mol. The standard InChI is InChI=1S/C9H12ClNO5S2/c1-16-9-4-3-8(18(10,14)15)5-7(9)6-11-17(2,12)13/h3-5,11H,6H2,1-2H3. The second-order valence-corrected chi connectivity index (χ2v) is 7.90. The zero-order valence-electron chi connectivity index (χ0n) is 9.67. The van der Waals surface area contributed by atoms with E-state index in [1.54, 1.807) is 0 Å². The van der Waals surface area contributed by atoms with Crippen molar-refractivity contribution in [2.75, 3.05) is 13.4 Å². The third kappa shape index (κ3) is 4.45. The van der Waals surface area contributed by atoms with Crippen LogP contribution in [0.3, 0.4) is 0 Å². The molecule has 0 unspecified atom stereocenters. The molecule has 0 aliphatic carbocycles. The zero-order chi connectivity index (χ0) is 14.0. The number of ether oxygens (including phenoxy) is 1. The monoisotopic (exact) mass is 313 g/mol. The number of nitrogens with one attached hydrogen (secondary N) is 1. The molecule has 0 fully saturated rings. The molecule has 0 bridgehead atoms. The lowest BCUT2D eigenvalue weighted by Gasteiger charge is -2.09. The second kappa shape index (κ2) is 5.43. The molecular formula is C9H12ClNO5S2. The first-order valence-corrected chi connectivity index (χ1v) is 8.90. The van der Waals surface area contributed by atoms with Gasteiger partial charge in [0.1, 0.15) is 5.75 Å². The minimum atomic E-state index is -3.86. The lowest BCUT2D eigenvalue weighted by atomic mass is 10.2.